The summed E-state index contributed by atoms with van der Waals surface area (Å²) in [6.07, 6.45) is 2.34. The van der Waals surface area contributed by atoms with Gasteiger partial charge in [-0.25, -0.2) is 0 Å². The van der Waals surface area contributed by atoms with Crippen molar-refractivity contribution in [1.82, 2.24) is 4.98 Å². The molecule has 1 nitrogen and oxygen atoms in total. The maximum atomic E-state index is 5.15. The molecule has 13 heavy (non-hydrogen) atoms. The predicted octanol–water partition coefficient (Wildman–Crippen LogP) is 3.63. The minimum atomic E-state index is 0.907. The molecule has 0 saturated carbocycles. The van der Waals surface area contributed by atoms with E-state index in [-0.39, 0.29) is 0 Å². The molecule has 1 aliphatic rings. The van der Waals surface area contributed by atoms with Gasteiger partial charge < -0.3 is 4.98 Å². The Morgan fingerprint density at radius 3 is 3.08 bits per heavy atom. The lowest BCUT2D eigenvalue weighted by atomic mass is 10.0. The maximum absolute atomic E-state index is 5.15. The summed E-state index contributed by atoms with van der Waals surface area (Å²) in [6.45, 7) is 0. The minimum Gasteiger partial charge on any atom is -0.337 e. The van der Waals surface area contributed by atoms with Gasteiger partial charge in [-0.1, -0.05) is 0 Å². The first kappa shape index (κ1) is 7.91. The van der Waals surface area contributed by atoms with Gasteiger partial charge in [-0.2, -0.15) is 0 Å². The topological polar surface area (TPSA) is 15.8 Å². The molecular weight excluding hydrogens is 218 g/mol. The lowest BCUT2D eigenvalue weighted by Gasteiger charge is -2.09. The Balaban J connectivity index is 2.35. The fraction of sp³-hybridized carbons (Fsp3) is 0.222. The third-order valence-electron chi connectivity index (χ3n) is 2.32. The largest absolute Gasteiger partial charge is 0.337 e. The van der Waals surface area contributed by atoms with Crippen LogP contribution in [0.4, 0.5) is 0 Å². The lowest BCUT2D eigenvalue weighted by Crippen LogP contribution is -1.97. The number of aromatic nitrogens is 1. The van der Waals surface area contributed by atoms with E-state index < -0.39 is 0 Å². The van der Waals surface area contributed by atoms with Gasteiger partial charge >= 0.3 is 0 Å². The number of nitrogens with one attached hydrogen (secondary N) is 1. The summed E-state index contributed by atoms with van der Waals surface area (Å²) in [6, 6.07) is 2.19. The van der Waals surface area contributed by atoms with Crippen LogP contribution in [0.3, 0.4) is 0 Å². The van der Waals surface area contributed by atoms with Crippen LogP contribution in [-0.4, -0.2) is 4.98 Å². The van der Waals surface area contributed by atoms with Crippen LogP contribution in [0.2, 0.25) is 0 Å². The Morgan fingerprint density at radius 2 is 2.15 bits per heavy atom. The van der Waals surface area contributed by atoms with Crippen molar-refractivity contribution in [2.45, 2.75) is 12.8 Å². The number of fused-ring (bicyclic) bond motifs is 3. The molecule has 0 aromatic carbocycles. The molecule has 4 heteroatoms. The van der Waals surface area contributed by atoms with Crippen molar-refractivity contribution in [2.75, 3.05) is 0 Å². The number of thiazole rings is 1. The molecule has 0 bridgehead atoms. The number of hydrogen-bond donors (Lipinski definition) is 1. The molecule has 2 heterocycles. The highest BCUT2D eigenvalue weighted by Gasteiger charge is 2.18. The van der Waals surface area contributed by atoms with Crippen molar-refractivity contribution in [3.63, 3.8) is 0 Å². The monoisotopic (exact) mass is 225 g/mol. The van der Waals surface area contributed by atoms with Gasteiger partial charge in [0.1, 0.15) is 0 Å². The Kier molecular flexibility index (Phi) is 1.68. The normalized spacial score (nSPS) is 13.8. The van der Waals surface area contributed by atoms with Crippen LogP contribution in [0.15, 0.2) is 11.4 Å². The molecule has 0 aliphatic heterocycles. The fourth-order valence-electron chi connectivity index (χ4n) is 1.74. The van der Waals surface area contributed by atoms with Crippen LogP contribution >= 0.6 is 34.9 Å². The molecule has 2 aromatic rings. The van der Waals surface area contributed by atoms with Crippen molar-refractivity contribution in [2.24, 2.45) is 0 Å². The number of hydrogen-bond acceptors (Lipinski definition) is 3. The fourth-order valence-corrected chi connectivity index (χ4v) is 3.87. The molecule has 0 spiro atoms. The number of rotatable bonds is 0. The Morgan fingerprint density at radius 1 is 1.31 bits per heavy atom. The summed E-state index contributed by atoms with van der Waals surface area (Å²) < 4.78 is 0.907. The van der Waals surface area contributed by atoms with E-state index in [1.165, 1.54) is 27.4 Å². The highest BCUT2D eigenvalue weighted by molar-refractivity contribution is 7.73. The third kappa shape index (κ3) is 1.13. The summed E-state index contributed by atoms with van der Waals surface area (Å²) >= 11 is 8.72. The number of H-pyrrole nitrogens is 1. The number of aryl methyl sites for hydroxylation is 2. The van der Waals surface area contributed by atoms with Crippen molar-refractivity contribution in [3.8, 4) is 11.3 Å². The van der Waals surface area contributed by atoms with E-state index in [9.17, 15) is 0 Å². The van der Waals surface area contributed by atoms with Crippen LogP contribution in [0.25, 0.3) is 11.3 Å². The molecule has 3 rings (SSSR count). The Hall–Kier alpha value is -0.450. The number of aromatic amines is 1. The van der Waals surface area contributed by atoms with Gasteiger partial charge in [-0.3, -0.25) is 0 Å². The molecule has 0 radical (unpaired) electrons. The molecule has 0 fully saturated rings. The lowest BCUT2D eigenvalue weighted by molar-refractivity contribution is 0.978. The highest BCUT2D eigenvalue weighted by atomic mass is 32.1. The average Bonchev–Trinajstić information content (AvgIpc) is 2.65. The molecule has 2 aromatic heterocycles. The van der Waals surface area contributed by atoms with E-state index in [0.29, 0.717) is 0 Å². The van der Waals surface area contributed by atoms with Gasteiger partial charge in [0, 0.05) is 15.3 Å². The third-order valence-corrected chi connectivity index (χ3v) is 4.59. The SMILES string of the molecule is S=c1[nH]c2c(s1)CCc1sccc1-2. The molecule has 0 atom stereocenters. The molecule has 0 unspecified atom stereocenters. The second kappa shape index (κ2) is 2.77. The summed E-state index contributed by atoms with van der Waals surface area (Å²) in [4.78, 5) is 6.20. The van der Waals surface area contributed by atoms with Gasteiger partial charge in [0.2, 0.25) is 0 Å². The van der Waals surface area contributed by atoms with Crippen LogP contribution in [0, 0.1) is 3.95 Å². The summed E-state index contributed by atoms with van der Waals surface area (Å²) in [7, 11) is 0. The van der Waals surface area contributed by atoms with Crippen LogP contribution in [0.1, 0.15) is 9.75 Å². The number of thiophene rings is 1. The molecule has 0 amide bonds. The minimum absolute atomic E-state index is 0.907. The second-order valence-corrected chi connectivity index (χ2v) is 5.84. The molecular formula is C9H7NS3. The molecule has 1 N–H and O–H groups in total. The zero-order chi connectivity index (χ0) is 8.84. The summed E-state index contributed by atoms with van der Waals surface area (Å²) in [5.74, 6) is 0. The average molecular weight is 225 g/mol. The summed E-state index contributed by atoms with van der Waals surface area (Å²) in [5, 5.41) is 2.16. The van der Waals surface area contributed by atoms with Crippen LogP contribution in [0.5, 0.6) is 0 Å². The molecule has 66 valence electrons. The quantitative estimate of drug-likeness (QED) is 0.677. The second-order valence-electron chi connectivity index (χ2n) is 3.07. The van der Waals surface area contributed by atoms with Crippen molar-refractivity contribution >= 4 is 34.9 Å². The first-order valence-corrected chi connectivity index (χ1v) is 6.24. The summed E-state index contributed by atoms with van der Waals surface area (Å²) in [5.41, 5.74) is 2.65. The van der Waals surface area contributed by atoms with Crippen molar-refractivity contribution < 1.29 is 0 Å². The first-order chi connectivity index (χ1) is 6.34. The van der Waals surface area contributed by atoms with Gasteiger partial charge in [0.15, 0.2) is 3.95 Å². The van der Waals surface area contributed by atoms with Gasteiger partial charge in [0.25, 0.3) is 0 Å². The van der Waals surface area contributed by atoms with Gasteiger partial charge in [0.05, 0.1) is 5.69 Å². The van der Waals surface area contributed by atoms with Crippen LogP contribution < -0.4 is 0 Å². The smallest absolute Gasteiger partial charge is 0.159 e. The van der Waals surface area contributed by atoms with Crippen molar-refractivity contribution in [1.29, 1.82) is 0 Å². The Labute approximate surface area is 89.1 Å². The molecule has 0 saturated heterocycles. The molecule has 1 aliphatic carbocycles. The van der Waals surface area contributed by atoms with E-state index in [2.05, 4.69) is 16.4 Å². The maximum Gasteiger partial charge on any atom is 0.159 e. The van der Waals surface area contributed by atoms with E-state index in [4.69, 9.17) is 12.2 Å². The Bertz CT molecular complexity index is 503. The van der Waals surface area contributed by atoms with E-state index in [1.807, 2.05) is 11.3 Å². The zero-order valence-corrected chi connectivity index (χ0v) is 9.24. The predicted molar refractivity (Wildman–Crippen MR) is 60.2 cm³/mol. The zero-order valence-electron chi connectivity index (χ0n) is 6.79. The highest BCUT2D eigenvalue weighted by Crippen LogP contribution is 2.37. The van der Waals surface area contributed by atoms with Gasteiger partial charge in [-0.15, -0.1) is 22.7 Å². The van der Waals surface area contributed by atoms with Gasteiger partial charge in [-0.05, 0) is 36.5 Å². The van der Waals surface area contributed by atoms with Crippen LogP contribution in [-0.2, 0) is 12.8 Å². The first-order valence-electron chi connectivity index (χ1n) is 4.13. The van der Waals surface area contributed by atoms with E-state index >= 15 is 0 Å². The standard InChI is InChI=1S/C9H7NS3/c11-9-10-8-5-3-4-12-6(5)1-2-7(8)13-9/h3-4H,1-2H2,(H,10,11). The van der Waals surface area contributed by atoms with E-state index in [0.717, 1.165) is 10.4 Å². The van der Waals surface area contributed by atoms with Crippen molar-refractivity contribution in [3.05, 3.63) is 25.2 Å². The van der Waals surface area contributed by atoms with E-state index in [1.54, 1.807) is 11.3 Å².